The second-order valence-electron chi connectivity index (χ2n) is 4.88. The lowest BCUT2D eigenvalue weighted by Gasteiger charge is -2.13. The summed E-state index contributed by atoms with van der Waals surface area (Å²) < 4.78 is 5.47. The zero-order valence-corrected chi connectivity index (χ0v) is 11.3. The van der Waals surface area contributed by atoms with Crippen LogP contribution in [0.25, 0.3) is 0 Å². The van der Waals surface area contributed by atoms with Gasteiger partial charge in [0.2, 0.25) is 0 Å². The Morgan fingerprint density at radius 3 is 2.50 bits per heavy atom. The zero-order valence-electron chi connectivity index (χ0n) is 11.3. The van der Waals surface area contributed by atoms with Crippen molar-refractivity contribution in [2.24, 2.45) is 5.92 Å². The second kappa shape index (κ2) is 6.23. The molecule has 0 aromatic heterocycles. The summed E-state index contributed by atoms with van der Waals surface area (Å²) in [4.78, 5) is 10.5. The topological polar surface area (TPSA) is 64.4 Å². The molecular weight excluding hydrogens is 232 g/mol. The molecule has 1 rings (SSSR count). The molecule has 0 aliphatic carbocycles. The number of benzene rings is 1. The van der Waals surface area contributed by atoms with Crippen molar-refractivity contribution in [2.45, 2.75) is 33.8 Å². The molecule has 0 saturated heterocycles. The smallest absolute Gasteiger partial charge is 0.311 e. The average molecular weight is 252 g/mol. The van der Waals surface area contributed by atoms with Crippen LogP contribution in [0.2, 0.25) is 0 Å². The van der Waals surface area contributed by atoms with Gasteiger partial charge in [0, 0.05) is 24.4 Å². The van der Waals surface area contributed by atoms with Crippen LogP contribution in [0.3, 0.4) is 0 Å². The van der Waals surface area contributed by atoms with Gasteiger partial charge in [-0.1, -0.05) is 13.8 Å². The maximum Gasteiger partial charge on any atom is 0.311 e. The normalized spacial score (nSPS) is 10.8. The minimum Gasteiger partial charge on any atom is -0.484 e. The van der Waals surface area contributed by atoms with Crippen molar-refractivity contribution in [1.82, 2.24) is 0 Å². The first kappa shape index (κ1) is 14.3. The van der Waals surface area contributed by atoms with E-state index in [1.165, 1.54) is 6.07 Å². The predicted molar refractivity (Wildman–Crippen MR) is 72.2 cm³/mol. The summed E-state index contributed by atoms with van der Waals surface area (Å²) in [7, 11) is 0. The van der Waals surface area contributed by atoms with Gasteiger partial charge in [0.25, 0.3) is 0 Å². The van der Waals surface area contributed by atoms with Gasteiger partial charge in [-0.2, -0.15) is 0 Å². The number of nitro groups is 1. The first-order valence-corrected chi connectivity index (χ1v) is 6.09. The molecule has 100 valence electrons. The van der Waals surface area contributed by atoms with E-state index in [9.17, 15) is 10.1 Å². The van der Waals surface area contributed by atoms with E-state index < -0.39 is 4.92 Å². The molecule has 0 amide bonds. The number of nitrogens with zero attached hydrogens (tertiary/aromatic N) is 1. The van der Waals surface area contributed by atoms with Crippen molar-refractivity contribution in [1.29, 1.82) is 0 Å². The van der Waals surface area contributed by atoms with Crippen molar-refractivity contribution >= 4 is 11.4 Å². The summed E-state index contributed by atoms with van der Waals surface area (Å²) in [6.07, 6.45) is -0.0935. The highest BCUT2D eigenvalue weighted by atomic mass is 16.6. The molecule has 1 aromatic carbocycles. The molecule has 1 aromatic rings. The molecule has 5 heteroatoms. The molecule has 0 atom stereocenters. The molecule has 0 radical (unpaired) electrons. The van der Waals surface area contributed by atoms with Crippen molar-refractivity contribution in [3.8, 4) is 5.75 Å². The van der Waals surface area contributed by atoms with Crippen LogP contribution in [-0.2, 0) is 0 Å². The standard InChI is InChI=1S/C13H20N2O3/c1-9(2)8-14-11-5-6-12(15(16)17)13(7-11)18-10(3)4/h5-7,9-10,14H,8H2,1-4H3. The molecular formula is C13H20N2O3. The van der Waals surface area contributed by atoms with Gasteiger partial charge in [0.15, 0.2) is 5.75 Å². The first-order valence-electron chi connectivity index (χ1n) is 6.09. The molecule has 18 heavy (non-hydrogen) atoms. The first-order chi connectivity index (χ1) is 8.40. The van der Waals surface area contributed by atoms with E-state index >= 15 is 0 Å². The third-order valence-electron chi connectivity index (χ3n) is 2.23. The fraction of sp³-hybridized carbons (Fsp3) is 0.538. The van der Waals surface area contributed by atoms with Crippen molar-refractivity contribution in [3.63, 3.8) is 0 Å². The van der Waals surface area contributed by atoms with Crippen LogP contribution in [0.4, 0.5) is 11.4 Å². The van der Waals surface area contributed by atoms with Crippen LogP contribution in [0.5, 0.6) is 5.75 Å². The lowest BCUT2D eigenvalue weighted by atomic mass is 10.2. The van der Waals surface area contributed by atoms with E-state index in [2.05, 4.69) is 19.2 Å². The predicted octanol–water partition coefficient (Wildman–Crippen LogP) is 3.45. The minimum absolute atomic E-state index is 0.00111. The maximum absolute atomic E-state index is 10.9. The number of rotatable bonds is 6. The van der Waals surface area contributed by atoms with E-state index in [1.807, 2.05) is 13.8 Å². The van der Waals surface area contributed by atoms with Gasteiger partial charge in [0.05, 0.1) is 11.0 Å². The van der Waals surface area contributed by atoms with Crippen LogP contribution in [0.15, 0.2) is 18.2 Å². The van der Waals surface area contributed by atoms with E-state index in [0.717, 1.165) is 12.2 Å². The van der Waals surface area contributed by atoms with Crippen LogP contribution in [0.1, 0.15) is 27.7 Å². The molecule has 0 fully saturated rings. The second-order valence-corrected chi connectivity index (χ2v) is 4.88. The van der Waals surface area contributed by atoms with Crippen LogP contribution in [-0.4, -0.2) is 17.6 Å². The fourth-order valence-electron chi connectivity index (χ4n) is 1.45. The number of ether oxygens (including phenoxy) is 1. The van der Waals surface area contributed by atoms with Gasteiger partial charge in [-0.25, -0.2) is 0 Å². The number of nitro benzene ring substituents is 1. The third kappa shape index (κ3) is 4.24. The number of hydrogen-bond donors (Lipinski definition) is 1. The quantitative estimate of drug-likeness (QED) is 0.622. The van der Waals surface area contributed by atoms with Gasteiger partial charge in [-0.05, 0) is 25.8 Å². The van der Waals surface area contributed by atoms with E-state index in [1.54, 1.807) is 12.1 Å². The lowest BCUT2D eigenvalue weighted by molar-refractivity contribution is -0.386. The molecule has 0 unspecified atom stereocenters. The van der Waals surface area contributed by atoms with Crippen LogP contribution >= 0.6 is 0 Å². The van der Waals surface area contributed by atoms with E-state index in [4.69, 9.17) is 4.74 Å². The summed E-state index contributed by atoms with van der Waals surface area (Å²) in [6, 6.07) is 4.86. The Labute approximate surface area is 107 Å². The Morgan fingerprint density at radius 1 is 1.33 bits per heavy atom. The summed E-state index contributed by atoms with van der Waals surface area (Å²) in [5, 5.41) is 14.1. The summed E-state index contributed by atoms with van der Waals surface area (Å²) in [5.74, 6) is 0.818. The maximum atomic E-state index is 10.9. The lowest BCUT2D eigenvalue weighted by Crippen LogP contribution is -2.10. The molecule has 0 bridgehead atoms. The van der Waals surface area contributed by atoms with Crippen molar-refractivity contribution in [2.75, 3.05) is 11.9 Å². The highest BCUT2D eigenvalue weighted by molar-refractivity contribution is 5.58. The Kier molecular flexibility index (Phi) is 4.95. The molecule has 1 N–H and O–H groups in total. The third-order valence-corrected chi connectivity index (χ3v) is 2.23. The Bertz CT molecular complexity index is 417. The Balaban J connectivity index is 2.93. The van der Waals surface area contributed by atoms with Crippen molar-refractivity contribution in [3.05, 3.63) is 28.3 Å². The highest BCUT2D eigenvalue weighted by Gasteiger charge is 2.16. The molecule has 5 nitrogen and oxygen atoms in total. The monoisotopic (exact) mass is 252 g/mol. The van der Waals surface area contributed by atoms with Gasteiger partial charge < -0.3 is 10.1 Å². The number of hydrogen-bond acceptors (Lipinski definition) is 4. The van der Waals surface area contributed by atoms with Gasteiger partial charge in [-0.3, -0.25) is 10.1 Å². The zero-order chi connectivity index (χ0) is 13.7. The van der Waals surface area contributed by atoms with Crippen LogP contribution in [0, 0.1) is 16.0 Å². The summed E-state index contributed by atoms with van der Waals surface area (Å²) in [5.41, 5.74) is 0.837. The fourth-order valence-corrected chi connectivity index (χ4v) is 1.45. The molecule has 0 heterocycles. The largest absolute Gasteiger partial charge is 0.484 e. The summed E-state index contributed by atoms with van der Waals surface area (Å²) in [6.45, 7) is 8.71. The number of nitrogens with one attached hydrogen (secondary N) is 1. The highest BCUT2D eigenvalue weighted by Crippen LogP contribution is 2.30. The molecule has 0 aliphatic rings. The van der Waals surface area contributed by atoms with Gasteiger partial charge in [-0.15, -0.1) is 0 Å². The SMILES string of the molecule is CC(C)CNc1ccc([N+](=O)[O-])c(OC(C)C)c1. The summed E-state index contributed by atoms with van der Waals surface area (Å²) >= 11 is 0. The van der Waals surface area contributed by atoms with E-state index in [0.29, 0.717) is 11.7 Å². The van der Waals surface area contributed by atoms with Gasteiger partial charge >= 0.3 is 5.69 Å². The van der Waals surface area contributed by atoms with Crippen LogP contribution < -0.4 is 10.1 Å². The molecule has 0 spiro atoms. The Morgan fingerprint density at radius 2 is 2.00 bits per heavy atom. The van der Waals surface area contributed by atoms with E-state index in [-0.39, 0.29) is 11.8 Å². The minimum atomic E-state index is -0.427. The average Bonchev–Trinajstić information content (AvgIpc) is 2.25. The molecule has 0 saturated carbocycles. The van der Waals surface area contributed by atoms with Gasteiger partial charge in [0.1, 0.15) is 0 Å². The van der Waals surface area contributed by atoms with Crippen molar-refractivity contribution < 1.29 is 9.66 Å². The molecule has 0 aliphatic heterocycles. The Hall–Kier alpha value is -1.78. The number of anilines is 1.